The first-order valence-corrected chi connectivity index (χ1v) is 5.78. The number of hydrogen-bond acceptors (Lipinski definition) is 3. The van der Waals surface area contributed by atoms with Gasteiger partial charge in [-0.2, -0.15) is 0 Å². The molecule has 2 aromatic carbocycles. The van der Waals surface area contributed by atoms with Crippen LogP contribution in [0.15, 0.2) is 59.8 Å². The van der Waals surface area contributed by atoms with E-state index in [0.29, 0.717) is 0 Å². The predicted octanol–water partition coefficient (Wildman–Crippen LogP) is 3.17. The Kier molecular flexibility index (Phi) is 3.97. The summed E-state index contributed by atoms with van der Waals surface area (Å²) in [6.07, 6.45) is 1.70. The number of benzene rings is 2. The van der Waals surface area contributed by atoms with Gasteiger partial charge in [0.15, 0.2) is 5.75 Å². The van der Waals surface area contributed by atoms with E-state index in [4.69, 9.17) is 4.84 Å². The lowest BCUT2D eigenvalue weighted by Gasteiger charge is -2.11. The van der Waals surface area contributed by atoms with Crippen LogP contribution in [0, 0.1) is 0 Å². The molecular weight excluding hydrogens is 224 g/mol. The second kappa shape index (κ2) is 5.87. The molecule has 0 atom stereocenters. The minimum Gasteiger partial charge on any atom is -0.378 e. The van der Waals surface area contributed by atoms with Crippen molar-refractivity contribution in [1.82, 2.24) is 0 Å². The Morgan fingerprint density at radius 3 is 2.22 bits per heavy atom. The Hall–Kier alpha value is -2.29. The lowest BCUT2D eigenvalue weighted by Crippen LogP contribution is -2.08. The molecule has 0 spiro atoms. The highest BCUT2D eigenvalue weighted by atomic mass is 16.6. The summed E-state index contributed by atoms with van der Waals surface area (Å²) >= 11 is 0. The Morgan fingerprint density at radius 1 is 0.944 bits per heavy atom. The van der Waals surface area contributed by atoms with Crippen molar-refractivity contribution in [3.05, 3.63) is 60.2 Å². The van der Waals surface area contributed by atoms with Gasteiger partial charge in [0.1, 0.15) is 0 Å². The average Bonchev–Trinajstić information content (AvgIpc) is 2.40. The summed E-state index contributed by atoms with van der Waals surface area (Å²) in [4.78, 5) is 7.30. The Morgan fingerprint density at radius 2 is 1.61 bits per heavy atom. The van der Waals surface area contributed by atoms with Crippen molar-refractivity contribution in [1.29, 1.82) is 0 Å². The molecule has 0 unspecified atom stereocenters. The minimum atomic E-state index is 0.735. The second-order valence-corrected chi connectivity index (χ2v) is 4.12. The minimum absolute atomic E-state index is 0.735. The van der Waals surface area contributed by atoms with E-state index >= 15 is 0 Å². The molecule has 0 saturated heterocycles. The number of anilines is 1. The van der Waals surface area contributed by atoms with E-state index in [1.807, 2.05) is 68.7 Å². The highest BCUT2D eigenvalue weighted by Crippen LogP contribution is 2.11. The van der Waals surface area contributed by atoms with Crippen LogP contribution in [0.1, 0.15) is 5.56 Å². The molecule has 0 bridgehead atoms. The lowest BCUT2D eigenvalue weighted by atomic mass is 10.2. The van der Waals surface area contributed by atoms with Gasteiger partial charge >= 0.3 is 0 Å². The number of para-hydroxylation sites is 1. The first-order valence-electron chi connectivity index (χ1n) is 5.78. The number of hydrogen-bond donors (Lipinski definition) is 0. The quantitative estimate of drug-likeness (QED) is 0.605. The van der Waals surface area contributed by atoms with Crippen LogP contribution < -0.4 is 9.74 Å². The van der Waals surface area contributed by atoms with Crippen molar-refractivity contribution >= 4 is 11.9 Å². The summed E-state index contributed by atoms with van der Waals surface area (Å²) in [5.41, 5.74) is 2.17. The molecular formula is C15H16N2O. The van der Waals surface area contributed by atoms with E-state index in [1.165, 1.54) is 0 Å². The fourth-order valence-corrected chi connectivity index (χ4v) is 1.49. The summed E-state index contributed by atoms with van der Waals surface area (Å²) in [5, 5.41) is 3.95. The molecule has 0 saturated carbocycles. The summed E-state index contributed by atoms with van der Waals surface area (Å²) in [7, 11) is 4.03. The molecule has 18 heavy (non-hydrogen) atoms. The predicted molar refractivity (Wildman–Crippen MR) is 75.4 cm³/mol. The normalized spacial score (nSPS) is 10.6. The van der Waals surface area contributed by atoms with E-state index in [1.54, 1.807) is 6.21 Å². The van der Waals surface area contributed by atoms with Gasteiger partial charge in [-0.05, 0) is 29.8 Å². The van der Waals surface area contributed by atoms with Gasteiger partial charge in [-0.1, -0.05) is 35.5 Å². The SMILES string of the molecule is CN(C)c1ccc(C=NOc2ccccc2)cc1. The maximum Gasteiger partial charge on any atom is 0.157 e. The molecule has 0 amide bonds. The lowest BCUT2D eigenvalue weighted by molar-refractivity contribution is 0.344. The molecule has 3 nitrogen and oxygen atoms in total. The van der Waals surface area contributed by atoms with Gasteiger partial charge < -0.3 is 9.74 Å². The zero-order valence-electron chi connectivity index (χ0n) is 10.6. The third kappa shape index (κ3) is 3.35. The van der Waals surface area contributed by atoms with Crippen molar-refractivity contribution in [3.8, 4) is 5.75 Å². The van der Waals surface area contributed by atoms with Gasteiger partial charge in [0.05, 0.1) is 6.21 Å². The number of oxime groups is 1. The van der Waals surface area contributed by atoms with Gasteiger partial charge in [-0.25, -0.2) is 0 Å². The molecule has 0 N–H and O–H groups in total. The van der Waals surface area contributed by atoms with Crippen LogP contribution in [-0.2, 0) is 0 Å². The summed E-state index contributed by atoms with van der Waals surface area (Å²) in [5.74, 6) is 0.735. The molecule has 3 heteroatoms. The average molecular weight is 240 g/mol. The van der Waals surface area contributed by atoms with Gasteiger partial charge in [0, 0.05) is 19.8 Å². The van der Waals surface area contributed by atoms with Crippen LogP contribution in [0.3, 0.4) is 0 Å². The van der Waals surface area contributed by atoms with Gasteiger partial charge in [-0.3, -0.25) is 0 Å². The highest BCUT2D eigenvalue weighted by molar-refractivity contribution is 5.79. The van der Waals surface area contributed by atoms with Crippen LogP contribution >= 0.6 is 0 Å². The maximum absolute atomic E-state index is 5.25. The largest absolute Gasteiger partial charge is 0.378 e. The van der Waals surface area contributed by atoms with Crippen LogP contribution in [0.4, 0.5) is 5.69 Å². The third-order valence-electron chi connectivity index (χ3n) is 2.51. The standard InChI is InChI=1S/C15H16N2O/c1-17(2)14-10-8-13(9-11-14)12-16-18-15-6-4-3-5-7-15/h3-12H,1-2H3. The summed E-state index contributed by atoms with van der Waals surface area (Å²) < 4.78 is 0. The molecule has 2 rings (SSSR count). The van der Waals surface area contributed by atoms with Crippen molar-refractivity contribution in [2.45, 2.75) is 0 Å². The van der Waals surface area contributed by atoms with Crippen molar-refractivity contribution < 1.29 is 4.84 Å². The van der Waals surface area contributed by atoms with Crippen molar-refractivity contribution in [2.75, 3.05) is 19.0 Å². The molecule has 0 aliphatic heterocycles. The van der Waals surface area contributed by atoms with Crippen molar-refractivity contribution in [3.63, 3.8) is 0 Å². The molecule has 0 aliphatic carbocycles. The first-order chi connectivity index (χ1) is 8.75. The monoisotopic (exact) mass is 240 g/mol. The van der Waals surface area contributed by atoms with Gasteiger partial charge in [-0.15, -0.1) is 0 Å². The second-order valence-electron chi connectivity index (χ2n) is 4.12. The van der Waals surface area contributed by atoms with Gasteiger partial charge in [0.25, 0.3) is 0 Å². The van der Waals surface area contributed by atoms with Gasteiger partial charge in [0.2, 0.25) is 0 Å². The van der Waals surface area contributed by atoms with Crippen LogP contribution in [0.5, 0.6) is 5.75 Å². The summed E-state index contributed by atoms with van der Waals surface area (Å²) in [6.45, 7) is 0. The fourth-order valence-electron chi connectivity index (χ4n) is 1.49. The maximum atomic E-state index is 5.25. The highest BCUT2D eigenvalue weighted by Gasteiger charge is 1.94. The Balaban J connectivity index is 1.97. The summed E-state index contributed by atoms with van der Waals surface area (Å²) in [6, 6.07) is 17.6. The van der Waals surface area contributed by atoms with Crippen molar-refractivity contribution in [2.24, 2.45) is 5.16 Å². The number of rotatable bonds is 4. The molecule has 0 aliphatic rings. The van der Waals surface area contributed by atoms with Crippen LogP contribution in [-0.4, -0.2) is 20.3 Å². The van der Waals surface area contributed by atoms with Crippen LogP contribution in [0.2, 0.25) is 0 Å². The third-order valence-corrected chi connectivity index (χ3v) is 2.51. The Labute approximate surface area is 107 Å². The smallest absolute Gasteiger partial charge is 0.157 e. The zero-order valence-corrected chi connectivity index (χ0v) is 10.6. The molecule has 2 aromatic rings. The van der Waals surface area contributed by atoms with E-state index in [9.17, 15) is 0 Å². The van der Waals surface area contributed by atoms with E-state index < -0.39 is 0 Å². The molecule has 0 heterocycles. The molecule has 0 fully saturated rings. The zero-order chi connectivity index (χ0) is 12.8. The van der Waals surface area contributed by atoms with Crippen LogP contribution in [0.25, 0.3) is 0 Å². The number of nitrogens with zero attached hydrogens (tertiary/aromatic N) is 2. The van der Waals surface area contributed by atoms with E-state index in [2.05, 4.69) is 10.1 Å². The fraction of sp³-hybridized carbons (Fsp3) is 0.133. The van der Waals surface area contributed by atoms with E-state index in [-0.39, 0.29) is 0 Å². The molecule has 0 radical (unpaired) electrons. The molecule has 92 valence electrons. The topological polar surface area (TPSA) is 24.8 Å². The first kappa shape index (κ1) is 12.2. The molecule has 0 aromatic heterocycles. The Bertz CT molecular complexity index is 504. The van der Waals surface area contributed by atoms with E-state index in [0.717, 1.165) is 17.0 Å².